The lowest BCUT2D eigenvalue weighted by atomic mass is 9.98. The highest BCUT2D eigenvalue weighted by Gasteiger charge is 2.37. The summed E-state index contributed by atoms with van der Waals surface area (Å²) in [7, 11) is -3.25. The van der Waals surface area contributed by atoms with Gasteiger partial charge in [0.1, 0.15) is 0 Å². The molecule has 2 fully saturated rings. The van der Waals surface area contributed by atoms with Crippen LogP contribution in [-0.4, -0.2) is 24.7 Å². The average Bonchev–Trinajstić information content (AvgIpc) is 3.23. The van der Waals surface area contributed by atoms with E-state index in [0.29, 0.717) is 21.9 Å². The Bertz CT molecular complexity index is 751. The van der Waals surface area contributed by atoms with Crippen LogP contribution in [0.15, 0.2) is 29.2 Å². The SMILES string of the molecule is Cc1cc(C(=CC2CCCC2)C(=O)O)ccc1S(=O)(=O)C1CC1. The van der Waals surface area contributed by atoms with Crippen molar-refractivity contribution >= 4 is 21.4 Å². The van der Waals surface area contributed by atoms with Crippen molar-refractivity contribution in [2.45, 2.75) is 55.6 Å². The van der Waals surface area contributed by atoms with Crippen molar-refractivity contribution in [3.05, 3.63) is 35.4 Å². The summed E-state index contributed by atoms with van der Waals surface area (Å²) in [5, 5.41) is 9.27. The summed E-state index contributed by atoms with van der Waals surface area (Å²) >= 11 is 0. The Balaban J connectivity index is 1.95. The third-order valence-electron chi connectivity index (χ3n) is 4.79. The predicted molar refractivity (Wildman–Crippen MR) is 89.0 cm³/mol. The van der Waals surface area contributed by atoms with Crippen molar-refractivity contribution in [1.82, 2.24) is 0 Å². The van der Waals surface area contributed by atoms with Gasteiger partial charge in [0.05, 0.1) is 15.7 Å². The Labute approximate surface area is 137 Å². The van der Waals surface area contributed by atoms with E-state index < -0.39 is 15.8 Å². The first-order valence-electron chi connectivity index (χ1n) is 8.19. The molecule has 3 rings (SSSR count). The molecule has 124 valence electrons. The number of hydrogen-bond acceptors (Lipinski definition) is 3. The smallest absolute Gasteiger partial charge is 0.335 e. The second kappa shape index (κ2) is 6.11. The van der Waals surface area contributed by atoms with Gasteiger partial charge in [-0.1, -0.05) is 25.0 Å². The van der Waals surface area contributed by atoms with Crippen LogP contribution in [-0.2, 0) is 14.6 Å². The molecular formula is C18H22O4S. The van der Waals surface area contributed by atoms with Crippen molar-refractivity contribution in [2.75, 3.05) is 0 Å². The maximum atomic E-state index is 12.4. The summed E-state index contributed by atoms with van der Waals surface area (Å²) in [5.74, 6) is -0.634. The number of aryl methyl sites for hydroxylation is 1. The molecule has 1 aromatic carbocycles. The van der Waals surface area contributed by atoms with Gasteiger partial charge in [-0.15, -0.1) is 0 Å². The van der Waals surface area contributed by atoms with E-state index >= 15 is 0 Å². The first kappa shape index (κ1) is 16.2. The molecule has 5 heteroatoms. The van der Waals surface area contributed by atoms with Gasteiger partial charge in [0.2, 0.25) is 0 Å². The Morgan fingerprint density at radius 3 is 2.35 bits per heavy atom. The maximum absolute atomic E-state index is 12.4. The van der Waals surface area contributed by atoms with Crippen molar-refractivity contribution in [2.24, 2.45) is 5.92 Å². The minimum Gasteiger partial charge on any atom is -0.478 e. The number of carbonyl (C=O) groups is 1. The van der Waals surface area contributed by atoms with Gasteiger partial charge in [-0.25, -0.2) is 13.2 Å². The minimum atomic E-state index is -3.25. The molecule has 0 radical (unpaired) electrons. The average molecular weight is 334 g/mol. The minimum absolute atomic E-state index is 0.250. The number of aliphatic carboxylic acids is 1. The van der Waals surface area contributed by atoms with Crippen LogP contribution in [0.3, 0.4) is 0 Å². The summed E-state index contributed by atoms with van der Waals surface area (Å²) in [6.45, 7) is 1.74. The molecule has 0 saturated heterocycles. The Morgan fingerprint density at radius 1 is 1.17 bits per heavy atom. The van der Waals surface area contributed by atoms with Crippen molar-refractivity contribution in [1.29, 1.82) is 0 Å². The first-order chi connectivity index (χ1) is 10.9. The molecule has 0 bridgehead atoms. The van der Waals surface area contributed by atoms with Crippen LogP contribution in [0.25, 0.3) is 5.57 Å². The fourth-order valence-corrected chi connectivity index (χ4v) is 5.23. The second-order valence-corrected chi connectivity index (χ2v) is 8.85. The van der Waals surface area contributed by atoms with Gasteiger partial charge < -0.3 is 5.11 Å². The van der Waals surface area contributed by atoms with Crippen LogP contribution >= 0.6 is 0 Å². The van der Waals surface area contributed by atoms with Crippen molar-refractivity contribution in [3.63, 3.8) is 0 Å². The number of sulfone groups is 1. The summed E-state index contributed by atoms with van der Waals surface area (Å²) < 4.78 is 24.8. The Kier molecular flexibility index (Phi) is 4.32. The molecule has 0 amide bonds. The number of allylic oxidation sites excluding steroid dienone is 1. The van der Waals surface area contributed by atoms with Gasteiger partial charge in [-0.2, -0.15) is 0 Å². The monoisotopic (exact) mass is 334 g/mol. The standard InChI is InChI=1S/C18H22O4S/c1-12-10-14(6-9-17(12)23(21,22)15-7-8-15)16(18(19)20)11-13-4-2-3-5-13/h6,9-11,13,15H,2-5,7-8H2,1H3,(H,19,20). The lowest BCUT2D eigenvalue weighted by Crippen LogP contribution is -2.10. The molecule has 4 nitrogen and oxygen atoms in total. The molecule has 1 aromatic rings. The second-order valence-electron chi connectivity index (χ2n) is 6.65. The van der Waals surface area contributed by atoms with E-state index in [1.807, 2.05) is 6.08 Å². The van der Waals surface area contributed by atoms with Gasteiger partial charge >= 0.3 is 5.97 Å². The Morgan fingerprint density at radius 2 is 1.83 bits per heavy atom. The molecule has 2 saturated carbocycles. The molecular weight excluding hydrogens is 312 g/mol. The molecule has 2 aliphatic rings. The van der Waals surface area contributed by atoms with Crippen molar-refractivity contribution in [3.8, 4) is 0 Å². The van der Waals surface area contributed by atoms with Gasteiger partial charge in [-0.3, -0.25) is 0 Å². The fraction of sp³-hybridized carbons (Fsp3) is 0.500. The summed E-state index contributed by atoms with van der Waals surface area (Å²) in [6.07, 6.45) is 7.65. The summed E-state index contributed by atoms with van der Waals surface area (Å²) in [4.78, 5) is 12.0. The Hall–Kier alpha value is -1.62. The highest BCUT2D eigenvalue weighted by atomic mass is 32.2. The van der Waals surface area contributed by atoms with E-state index in [-0.39, 0.29) is 10.8 Å². The number of hydrogen-bond donors (Lipinski definition) is 1. The van der Waals surface area contributed by atoms with E-state index in [1.165, 1.54) is 0 Å². The molecule has 2 aliphatic carbocycles. The van der Waals surface area contributed by atoms with Crippen LogP contribution in [0, 0.1) is 12.8 Å². The third kappa shape index (κ3) is 3.34. The first-order valence-corrected chi connectivity index (χ1v) is 9.74. The van der Waals surface area contributed by atoms with Gasteiger partial charge in [-0.05, 0) is 61.8 Å². The fourth-order valence-electron chi connectivity index (χ4n) is 3.34. The quantitative estimate of drug-likeness (QED) is 0.835. The predicted octanol–water partition coefficient (Wildman–Crippen LogP) is 3.59. The van der Waals surface area contributed by atoms with E-state index in [0.717, 1.165) is 38.5 Å². The molecule has 1 N–H and O–H groups in total. The molecule has 0 atom stereocenters. The van der Waals surface area contributed by atoms with Crippen LogP contribution in [0.1, 0.15) is 49.7 Å². The summed E-state index contributed by atoms with van der Waals surface area (Å²) in [6, 6.07) is 4.91. The van der Waals surface area contributed by atoms with Crippen LogP contribution in [0.4, 0.5) is 0 Å². The topological polar surface area (TPSA) is 71.4 Å². The molecule has 0 unspecified atom stereocenters. The van der Waals surface area contributed by atoms with E-state index in [9.17, 15) is 18.3 Å². The molecule has 0 aromatic heterocycles. The number of rotatable bonds is 5. The molecule has 23 heavy (non-hydrogen) atoms. The van der Waals surface area contributed by atoms with Gasteiger partial charge in [0, 0.05) is 0 Å². The number of carboxylic acids is 1. The van der Waals surface area contributed by atoms with E-state index in [4.69, 9.17) is 0 Å². The zero-order valence-corrected chi connectivity index (χ0v) is 14.1. The molecule has 0 aliphatic heterocycles. The zero-order chi connectivity index (χ0) is 16.6. The van der Waals surface area contributed by atoms with Crippen LogP contribution < -0.4 is 0 Å². The highest BCUT2D eigenvalue weighted by molar-refractivity contribution is 7.92. The maximum Gasteiger partial charge on any atom is 0.335 e. The number of benzene rings is 1. The number of carboxylic acid groups (broad SMARTS) is 1. The lowest BCUT2D eigenvalue weighted by Gasteiger charge is -2.11. The largest absolute Gasteiger partial charge is 0.478 e. The van der Waals surface area contributed by atoms with Crippen LogP contribution in [0.5, 0.6) is 0 Å². The lowest BCUT2D eigenvalue weighted by molar-refractivity contribution is -0.130. The zero-order valence-electron chi connectivity index (χ0n) is 13.3. The van der Waals surface area contributed by atoms with E-state index in [2.05, 4.69) is 0 Å². The van der Waals surface area contributed by atoms with Gasteiger partial charge in [0.25, 0.3) is 0 Å². The highest BCUT2D eigenvalue weighted by Crippen LogP contribution is 2.36. The van der Waals surface area contributed by atoms with E-state index in [1.54, 1.807) is 25.1 Å². The molecule has 0 spiro atoms. The van der Waals surface area contributed by atoms with Crippen molar-refractivity contribution < 1.29 is 18.3 Å². The molecule has 0 heterocycles. The third-order valence-corrected chi connectivity index (χ3v) is 7.21. The van der Waals surface area contributed by atoms with Crippen LogP contribution in [0.2, 0.25) is 0 Å². The normalized spacial score (nSPS) is 20.0. The van der Waals surface area contributed by atoms with Gasteiger partial charge in [0.15, 0.2) is 9.84 Å². The summed E-state index contributed by atoms with van der Waals surface area (Å²) in [5.41, 5.74) is 1.51.